The minimum atomic E-state index is -4.52. The molecule has 4 rings (SSSR count). The molecule has 1 amide bonds. The van der Waals surface area contributed by atoms with Gasteiger partial charge in [0, 0.05) is 36.7 Å². The number of aliphatic hydroxyl groups is 2. The molecule has 4 aromatic rings. The van der Waals surface area contributed by atoms with E-state index in [4.69, 9.17) is 5.11 Å². The first-order valence-electron chi connectivity index (χ1n) is 11.1. The second-order valence-electron chi connectivity index (χ2n) is 8.31. The van der Waals surface area contributed by atoms with Crippen LogP contribution in [-0.4, -0.2) is 55.1 Å². The van der Waals surface area contributed by atoms with Crippen molar-refractivity contribution < 1.29 is 28.2 Å². The second-order valence-corrected chi connectivity index (χ2v) is 8.31. The number of anilines is 4. The number of nitrogens with zero attached hydrogens (tertiary/aromatic N) is 4. The number of aliphatic hydroxyl groups excluding tert-OH is 2. The average molecular weight is 515 g/mol. The maximum absolute atomic E-state index is 13.0. The summed E-state index contributed by atoms with van der Waals surface area (Å²) in [6, 6.07) is 9.27. The molecule has 0 spiro atoms. The number of fused-ring (bicyclic) bond motifs is 1. The Morgan fingerprint density at radius 3 is 2.70 bits per heavy atom. The predicted octanol–water partition coefficient (Wildman–Crippen LogP) is 3.45. The van der Waals surface area contributed by atoms with Crippen molar-refractivity contribution in [1.82, 2.24) is 19.7 Å². The van der Waals surface area contributed by atoms with Crippen molar-refractivity contribution in [2.45, 2.75) is 19.2 Å². The summed E-state index contributed by atoms with van der Waals surface area (Å²) in [6.07, 6.45) is -3.93. The lowest BCUT2D eigenvalue weighted by molar-refractivity contribution is -0.137. The smallest absolute Gasteiger partial charge is 0.394 e. The molecule has 2 heterocycles. The number of halogens is 3. The number of rotatable bonds is 8. The number of hydrogen-bond acceptors (Lipinski definition) is 8. The van der Waals surface area contributed by atoms with E-state index in [9.17, 15) is 23.1 Å². The Labute approximate surface area is 209 Å². The summed E-state index contributed by atoms with van der Waals surface area (Å²) in [5, 5.41) is 32.0. The van der Waals surface area contributed by atoms with E-state index in [1.807, 2.05) is 6.92 Å². The molecule has 5 N–H and O–H groups in total. The highest BCUT2D eigenvalue weighted by molar-refractivity contribution is 6.05. The Morgan fingerprint density at radius 1 is 1.19 bits per heavy atom. The fourth-order valence-electron chi connectivity index (χ4n) is 3.49. The van der Waals surface area contributed by atoms with E-state index in [0.29, 0.717) is 22.5 Å². The van der Waals surface area contributed by atoms with Gasteiger partial charge in [0.05, 0.1) is 23.7 Å². The summed E-state index contributed by atoms with van der Waals surface area (Å²) in [6.45, 7) is 1.50. The maximum atomic E-state index is 13.0. The molecule has 1 unspecified atom stereocenters. The lowest BCUT2D eigenvalue weighted by Crippen LogP contribution is -2.23. The molecule has 1 atom stereocenters. The topological polar surface area (TPSA) is 137 Å². The first kappa shape index (κ1) is 25.9. The van der Waals surface area contributed by atoms with Crippen molar-refractivity contribution in [3.8, 4) is 0 Å². The molecule has 2 aromatic heterocycles. The lowest BCUT2D eigenvalue weighted by Gasteiger charge is -2.12. The fourth-order valence-corrected chi connectivity index (χ4v) is 3.49. The summed E-state index contributed by atoms with van der Waals surface area (Å²) in [4.78, 5) is 21.4. The average Bonchev–Trinajstić information content (AvgIpc) is 3.17. The van der Waals surface area contributed by atoms with Gasteiger partial charge in [0.25, 0.3) is 5.91 Å². The molecule has 2 aromatic carbocycles. The standard InChI is InChI=1S/C24H24F3N7O3/c1-13-6-7-14(22(37)30-16-5-3-4-15(9-16)24(25,26)27)8-19(13)31-20-18-11-29-23(28-10-17(36)12-35)32-21(18)34(2)33-20/h3-9,11,17,35-36H,10,12H2,1-2H3,(H,30,37)(H,31,33)(H,28,29,32). The van der Waals surface area contributed by atoms with E-state index in [-0.39, 0.29) is 23.7 Å². The van der Waals surface area contributed by atoms with E-state index in [0.717, 1.165) is 17.7 Å². The number of hydrogen-bond donors (Lipinski definition) is 5. The summed E-state index contributed by atoms with van der Waals surface area (Å²) in [7, 11) is 1.69. The van der Waals surface area contributed by atoms with Crippen molar-refractivity contribution in [1.29, 1.82) is 0 Å². The second kappa shape index (κ2) is 10.4. The Bertz CT molecular complexity index is 1440. The first-order valence-corrected chi connectivity index (χ1v) is 11.1. The van der Waals surface area contributed by atoms with E-state index >= 15 is 0 Å². The molecule has 0 aliphatic heterocycles. The van der Waals surface area contributed by atoms with Gasteiger partial charge in [-0.2, -0.15) is 23.3 Å². The molecular formula is C24H24F3N7O3. The molecule has 37 heavy (non-hydrogen) atoms. The summed E-state index contributed by atoms with van der Waals surface area (Å²) < 4.78 is 40.5. The minimum Gasteiger partial charge on any atom is -0.394 e. The highest BCUT2D eigenvalue weighted by Crippen LogP contribution is 2.31. The van der Waals surface area contributed by atoms with Crippen LogP contribution in [0.15, 0.2) is 48.7 Å². The largest absolute Gasteiger partial charge is 0.416 e. The molecule has 0 saturated heterocycles. The summed E-state index contributed by atoms with van der Waals surface area (Å²) in [5.41, 5.74) is 1.25. The number of aryl methyl sites for hydroxylation is 2. The van der Waals surface area contributed by atoms with Gasteiger partial charge in [0.2, 0.25) is 5.95 Å². The van der Waals surface area contributed by atoms with Gasteiger partial charge in [-0.3, -0.25) is 4.79 Å². The molecule has 0 aliphatic rings. The number of aromatic nitrogens is 4. The van der Waals surface area contributed by atoms with Gasteiger partial charge in [0.15, 0.2) is 11.5 Å². The van der Waals surface area contributed by atoms with E-state index < -0.39 is 30.4 Å². The van der Waals surface area contributed by atoms with Gasteiger partial charge in [-0.25, -0.2) is 9.67 Å². The number of carbonyl (C=O) groups is 1. The van der Waals surface area contributed by atoms with Crippen molar-refractivity contribution >= 4 is 40.1 Å². The van der Waals surface area contributed by atoms with Crippen LogP contribution in [0, 0.1) is 6.92 Å². The lowest BCUT2D eigenvalue weighted by atomic mass is 10.1. The monoisotopic (exact) mass is 515 g/mol. The molecule has 0 fully saturated rings. The van der Waals surface area contributed by atoms with Crippen LogP contribution >= 0.6 is 0 Å². The van der Waals surface area contributed by atoms with Crippen LogP contribution in [0.5, 0.6) is 0 Å². The van der Waals surface area contributed by atoms with Gasteiger partial charge in [-0.15, -0.1) is 0 Å². The number of amides is 1. The van der Waals surface area contributed by atoms with E-state index in [2.05, 4.69) is 31.0 Å². The molecular weight excluding hydrogens is 491 g/mol. The Kier molecular flexibility index (Phi) is 7.27. The van der Waals surface area contributed by atoms with Crippen LogP contribution < -0.4 is 16.0 Å². The predicted molar refractivity (Wildman–Crippen MR) is 132 cm³/mol. The van der Waals surface area contributed by atoms with Crippen LogP contribution in [0.1, 0.15) is 21.5 Å². The highest BCUT2D eigenvalue weighted by Gasteiger charge is 2.30. The highest BCUT2D eigenvalue weighted by atomic mass is 19.4. The van der Waals surface area contributed by atoms with Gasteiger partial charge in [-0.1, -0.05) is 12.1 Å². The number of carbonyl (C=O) groups excluding carboxylic acids is 1. The van der Waals surface area contributed by atoms with Crippen LogP contribution in [0.2, 0.25) is 0 Å². The SMILES string of the molecule is Cc1ccc(C(=O)Nc2cccc(C(F)(F)F)c2)cc1Nc1nn(C)c2nc(NCC(O)CO)ncc12. The zero-order valence-corrected chi connectivity index (χ0v) is 19.8. The summed E-state index contributed by atoms with van der Waals surface area (Å²) >= 11 is 0. The normalized spacial score (nSPS) is 12.4. The van der Waals surface area contributed by atoms with Crippen molar-refractivity contribution in [2.24, 2.45) is 7.05 Å². The molecule has 0 aliphatic carbocycles. The summed E-state index contributed by atoms with van der Waals surface area (Å²) in [5.74, 6) is 0.106. The van der Waals surface area contributed by atoms with Crippen molar-refractivity contribution in [2.75, 3.05) is 29.1 Å². The quantitative estimate of drug-likeness (QED) is 0.241. The first-order chi connectivity index (χ1) is 17.5. The molecule has 194 valence electrons. The van der Waals surface area contributed by atoms with Crippen molar-refractivity contribution in [3.63, 3.8) is 0 Å². The molecule has 13 heteroatoms. The Morgan fingerprint density at radius 2 is 1.97 bits per heavy atom. The van der Waals surface area contributed by atoms with Gasteiger partial charge in [-0.05, 0) is 42.8 Å². The van der Waals surface area contributed by atoms with Crippen LogP contribution in [-0.2, 0) is 13.2 Å². The number of alkyl halides is 3. The third kappa shape index (κ3) is 5.95. The third-order valence-corrected chi connectivity index (χ3v) is 5.49. The van der Waals surface area contributed by atoms with Crippen LogP contribution in [0.4, 0.5) is 36.3 Å². The molecule has 0 radical (unpaired) electrons. The Balaban J connectivity index is 1.55. The van der Waals surface area contributed by atoms with Gasteiger partial charge >= 0.3 is 6.18 Å². The number of benzene rings is 2. The van der Waals surface area contributed by atoms with E-state index in [1.54, 1.807) is 31.4 Å². The maximum Gasteiger partial charge on any atom is 0.416 e. The fraction of sp³-hybridized carbons (Fsp3) is 0.250. The van der Waals surface area contributed by atoms with Crippen LogP contribution in [0.3, 0.4) is 0 Å². The Hall–Kier alpha value is -4.23. The van der Waals surface area contributed by atoms with E-state index in [1.165, 1.54) is 16.8 Å². The minimum absolute atomic E-state index is 0.0266. The van der Waals surface area contributed by atoms with Crippen molar-refractivity contribution in [3.05, 3.63) is 65.4 Å². The van der Waals surface area contributed by atoms with Crippen LogP contribution in [0.25, 0.3) is 11.0 Å². The number of nitrogens with one attached hydrogen (secondary N) is 3. The van der Waals surface area contributed by atoms with Gasteiger partial charge < -0.3 is 26.2 Å². The zero-order valence-electron chi connectivity index (χ0n) is 19.8. The molecule has 10 nitrogen and oxygen atoms in total. The van der Waals surface area contributed by atoms with Gasteiger partial charge in [0.1, 0.15) is 0 Å². The third-order valence-electron chi connectivity index (χ3n) is 5.49. The molecule has 0 bridgehead atoms. The molecule has 0 saturated carbocycles. The zero-order chi connectivity index (χ0) is 26.7.